The molecule has 1 aliphatic rings. The van der Waals surface area contributed by atoms with Gasteiger partial charge in [-0.1, -0.05) is 12.1 Å². The highest BCUT2D eigenvalue weighted by Gasteiger charge is 2.25. The molecule has 0 saturated carbocycles. The Bertz CT molecular complexity index is 838. The summed E-state index contributed by atoms with van der Waals surface area (Å²) in [4.78, 5) is 35.1. The number of ether oxygens (including phenoxy) is 1. The fourth-order valence-electron chi connectivity index (χ4n) is 3.56. The van der Waals surface area contributed by atoms with Crippen LogP contribution in [0.15, 0.2) is 36.7 Å². The van der Waals surface area contributed by atoms with Gasteiger partial charge in [0.2, 0.25) is 5.91 Å². The minimum atomic E-state index is -0.0790. The molecule has 1 atom stereocenters. The van der Waals surface area contributed by atoms with E-state index >= 15 is 0 Å². The van der Waals surface area contributed by atoms with Gasteiger partial charge in [0.25, 0.3) is 5.91 Å². The van der Waals surface area contributed by atoms with Crippen LogP contribution in [0.5, 0.6) is 5.75 Å². The number of carbonyl (C=O) groups excluding carboxylic acids is 2. The predicted molar refractivity (Wildman–Crippen MR) is 109 cm³/mol. The lowest BCUT2D eigenvalue weighted by Gasteiger charge is -2.32. The van der Waals surface area contributed by atoms with Crippen LogP contribution in [-0.4, -0.2) is 46.9 Å². The highest BCUT2D eigenvalue weighted by Crippen LogP contribution is 2.22. The fraction of sp³-hybridized carbons (Fsp3) is 0.455. The predicted octanol–water partition coefficient (Wildman–Crippen LogP) is 2.74. The van der Waals surface area contributed by atoms with Gasteiger partial charge in [-0.25, -0.2) is 4.98 Å². The number of hydrogen-bond acceptors (Lipinski definition) is 5. The number of aryl methyl sites for hydroxylation is 1. The van der Waals surface area contributed by atoms with E-state index in [0.29, 0.717) is 31.1 Å². The van der Waals surface area contributed by atoms with Crippen molar-refractivity contribution in [2.45, 2.75) is 39.2 Å². The number of nitrogens with one attached hydrogen (secondary N) is 1. The van der Waals surface area contributed by atoms with Crippen LogP contribution in [0.2, 0.25) is 0 Å². The molecule has 7 heteroatoms. The zero-order chi connectivity index (χ0) is 20.6. The number of likely N-dealkylation sites (tertiary alicyclic amines) is 1. The van der Waals surface area contributed by atoms with E-state index in [1.54, 1.807) is 13.3 Å². The maximum Gasteiger partial charge on any atom is 0.274 e. The summed E-state index contributed by atoms with van der Waals surface area (Å²) in [7, 11) is 1.63. The summed E-state index contributed by atoms with van der Waals surface area (Å²) < 4.78 is 5.20. The number of piperidine rings is 1. The lowest BCUT2D eigenvalue weighted by Crippen LogP contribution is -2.40. The van der Waals surface area contributed by atoms with Crippen LogP contribution in [-0.2, 0) is 11.3 Å². The molecule has 0 bridgehead atoms. The van der Waals surface area contributed by atoms with E-state index < -0.39 is 0 Å². The van der Waals surface area contributed by atoms with Crippen LogP contribution < -0.4 is 10.1 Å². The lowest BCUT2D eigenvalue weighted by molar-refractivity contribution is -0.121. The maximum atomic E-state index is 12.6. The number of amides is 2. The summed E-state index contributed by atoms with van der Waals surface area (Å²) in [5.41, 5.74) is 2.18. The molecule has 1 N–H and O–H groups in total. The van der Waals surface area contributed by atoms with Gasteiger partial charge < -0.3 is 15.0 Å². The van der Waals surface area contributed by atoms with Gasteiger partial charge in [0.1, 0.15) is 11.4 Å². The smallest absolute Gasteiger partial charge is 0.274 e. The molecule has 1 unspecified atom stereocenters. The number of benzene rings is 1. The van der Waals surface area contributed by atoms with Crippen LogP contribution >= 0.6 is 0 Å². The van der Waals surface area contributed by atoms with E-state index in [4.69, 9.17) is 4.74 Å². The minimum Gasteiger partial charge on any atom is -0.497 e. The highest BCUT2D eigenvalue weighted by atomic mass is 16.5. The number of nitrogens with zero attached hydrogens (tertiary/aromatic N) is 3. The van der Waals surface area contributed by atoms with Gasteiger partial charge in [-0.3, -0.25) is 14.6 Å². The molecule has 2 aromatic rings. The van der Waals surface area contributed by atoms with Crippen LogP contribution in [0.3, 0.4) is 0 Å². The van der Waals surface area contributed by atoms with E-state index in [0.717, 1.165) is 42.8 Å². The third kappa shape index (κ3) is 6.01. The quantitative estimate of drug-likeness (QED) is 0.778. The summed E-state index contributed by atoms with van der Waals surface area (Å²) in [6.07, 6.45) is 6.36. The number of rotatable bonds is 7. The number of methoxy groups -OCH3 is 1. The largest absolute Gasteiger partial charge is 0.497 e. The second kappa shape index (κ2) is 10.0. The zero-order valence-electron chi connectivity index (χ0n) is 17.1. The average Bonchev–Trinajstić information content (AvgIpc) is 2.76. The van der Waals surface area contributed by atoms with Crippen molar-refractivity contribution in [3.63, 3.8) is 0 Å². The monoisotopic (exact) mass is 396 g/mol. The van der Waals surface area contributed by atoms with E-state index in [1.807, 2.05) is 36.1 Å². The number of carbonyl (C=O) groups is 2. The number of aromatic nitrogens is 2. The third-order valence-electron chi connectivity index (χ3n) is 5.21. The molecule has 2 heterocycles. The molecule has 1 fully saturated rings. The van der Waals surface area contributed by atoms with Crippen molar-refractivity contribution < 1.29 is 14.3 Å². The molecule has 0 radical (unpaired) electrons. The standard InChI is InChI=1S/C22H28N4O3/c1-16-12-24-20(14-23-16)22(28)26-10-4-6-17(15-26)8-9-21(27)25-13-18-5-3-7-19(11-18)29-2/h3,5,7,11-12,14,17H,4,6,8-10,13,15H2,1-2H3,(H,25,27). The van der Waals surface area contributed by atoms with Crippen molar-refractivity contribution in [3.8, 4) is 5.75 Å². The van der Waals surface area contributed by atoms with Crippen LogP contribution in [0.4, 0.5) is 0 Å². The molecule has 1 aromatic heterocycles. The van der Waals surface area contributed by atoms with E-state index in [1.165, 1.54) is 6.20 Å². The molecular formula is C22H28N4O3. The molecule has 3 rings (SSSR count). The molecule has 1 aromatic carbocycles. The van der Waals surface area contributed by atoms with Gasteiger partial charge in [0.15, 0.2) is 0 Å². The summed E-state index contributed by atoms with van der Waals surface area (Å²) in [6, 6.07) is 7.66. The van der Waals surface area contributed by atoms with Gasteiger partial charge in [0, 0.05) is 32.3 Å². The average molecular weight is 396 g/mol. The molecule has 154 valence electrons. The summed E-state index contributed by atoms with van der Waals surface area (Å²) in [5.74, 6) is 1.06. The molecular weight excluding hydrogens is 368 g/mol. The van der Waals surface area contributed by atoms with Crippen LogP contribution in [0.1, 0.15) is 47.4 Å². The highest BCUT2D eigenvalue weighted by molar-refractivity contribution is 5.92. The first kappa shape index (κ1) is 20.8. The molecule has 0 aliphatic carbocycles. The molecule has 2 amide bonds. The normalized spacial score (nSPS) is 16.3. The Morgan fingerprint density at radius 1 is 1.28 bits per heavy atom. The van der Waals surface area contributed by atoms with Crippen molar-refractivity contribution in [1.29, 1.82) is 0 Å². The minimum absolute atomic E-state index is 0.0284. The van der Waals surface area contributed by atoms with Crippen LogP contribution in [0, 0.1) is 12.8 Å². The molecule has 0 spiro atoms. The van der Waals surface area contributed by atoms with Gasteiger partial charge in [0.05, 0.1) is 19.0 Å². The summed E-state index contributed by atoms with van der Waals surface area (Å²) in [5, 5.41) is 2.96. The Kier molecular flexibility index (Phi) is 7.16. The van der Waals surface area contributed by atoms with E-state index in [9.17, 15) is 9.59 Å². The first-order valence-electron chi connectivity index (χ1n) is 10.0. The fourth-order valence-corrected chi connectivity index (χ4v) is 3.56. The number of hydrogen-bond donors (Lipinski definition) is 1. The first-order chi connectivity index (χ1) is 14.0. The van der Waals surface area contributed by atoms with Crippen molar-refractivity contribution in [3.05, 3.63) is 53.6 Å². The van der Waals surface area contributed by atoms with Gasteiger partial charge >= 0.3 is 0 Å². The van der Waals surface area contributed by atoms with E-state index in [-0.39, 0.29) is 11.8 Å². The molecule has 1 aliphatic heterocycles. The Labute approximate surface area is 171 Å². The summed E-state index contributed by atoms with van der Waals surface area (Å²) >= 11 is 0. The van der Waals surface area contributed by atoms with Gasteiger partial charge in [-0.05, 0) is 49.8 Å². The van der Waals surface area contributed by atoms with Crippen molar-refractivity contribution in [2.75, 3.05) is 20.2 Å². The van der Waals surface area contributed by atoms with Crippen LogP contribution in [0.25, 0.3) is 0 Å². The van der Waals surface area contributed by atoms with E-state index in [2.05, 4.69) is 15.3 Å². The van der Waals surface area contributed by atoms with Crippen molar-refractivity contribution in [1.82, 2.24) is 20.2 Å². The Morgan fingerprint density at radius 3 is 2.90 bits per heavy atom. The van der Waals surface area contributed by atoms with Gasteiger partial charge in [-0.15, -0.1) is 0 Å². The molecule has 1 saturated heterocycles. The van der Waals surface area contributed by atoms with Crippen molar-refractivity contribution >= 4 is 11.8 Å². The summed E-state index contributed by atoms with van der Waals surface area (Å²) in [6.45, 7) is 3.72. The molecule has 7 nitrogen and oxygen atoms in total. The Balaban J connectivity index is 1.44. The Hall–Kier alpha value is -2.96. The third-order valence-corrected chi connectivity index (χ3v) is 5.21. The SMILES string of the molecule is COc1cccc(CNC(=O)CCC2CCCN(C(=O)c3cnc(C)cn3)C2)c1. The Morgan fingerprint density at radius 2 is 2.14 bits per heavy atom. The van der Waals surface area contributed by atoms with Gasteiger partial charge in [-0.2, -0.15) is 0 Å². The lowest BCUT2D eigenvalue weighted by atomic mass is 9.93. The first-order valence-corrected chi connectivity index (χ1v) is 10.0. The second-order valence-corrected chi connectivity index (χ2v) is 7.47. The molecule has 29 heavy (non-hydrogen) atoms. The maximum absolute atomic E-state index is 12.6. The second-order valence-electron chi connectivity index (χ2n) is 7.47. The zero-order valence-corrected chi connectivity index (χ0v) is 17.1. The topological polar surface area (TPSA) is 84.4 Å². The van der Waals surface area contributed by atoms with Crippen molar-refractivity contribution in [2.24, 2.45) is 5.92 Å².